The van der Waals surface area contributed by atoms with Gasteiger partial charge in [-0.3, -0.25) is 14.8 Å². The number of hydrogen-bond donors (Lipinski definition) is 1. The SMILES string of the molecule is CC(O/C(=N\N)c1ccccc1)C1CN=CC(C2=CC(F)=C(C=O)CC2)=N1. The zero-order chi connectivity index (χ0) is 19.2. The maximum absolute atomic E-state index is 13.9. The Bertz CT molecular complexity index is 856. The molecule has 2 unspecified atom stereocenters. The second-order valence-electron chi connectivity index (χ2n) is 6.36. The van der Waals surface area contributed by atoms with Gasteiger partial charge in [-0.2, -0.15) is 0 Å². The highest BCUT2D eigenvalue weighted by Crippen LogP contribution is 2.25. The van der Waals surface area contributed by atoms with Crippen LogP contribution in [0.1, 0.15) is 25.3 Å². The van der Waals surface area contributed by atoms with Crippen LogP contribution in [0.15, 0.2) is 68.5 Å². The van der Waals surface area contributed by atoms with Gasteiger partial charge >= 0.3 is 0 Å². The van der Waals surface area contributed by atoms with Crippen LogP contribution < -0.4 is 5.84 Å². The van der Waals surface area contributed by atoms with Crippen molar-refractivity contribution in [2.45, 2.75) is 31.9 Å². The molecule has 2 aliphatic rings. The monoisotopic (exact) mass is 368 g/mol. The molecule has 1 aromatic carbocycles. The van der Waals surface area contributed by atoms with Crippen LogP contribution in [-0.2, 0) is 9.53 Å². The van der Waals surface area contributed by atoms with Crippen LogP contribution in [0, 0.1) is 0 Å². The third kappa shape index (κ3) is 4.36. The van der Waals surface area contributed by atoms with E-state index in [-0.39, 0.29) is 17.7 Å². The first-order valence-corrected chi connectivity index (χ1v) is 8.74. The number of benzene rings is 1. The number of aliphatic imine (C=N–C) groups is 2. The van der Waals surface area contributed by atoms with Crippen LogP contribution in [-0.4, -0.2) is 42.8 Å². The first-order valence-electron chi connectivity index (χ1n) is 8.74. The number of allylic oxidation sites excluding steroid dienone is 4. The summed E-state index contributed by atoms with van der Waals surface area (Å²) in [5.74, 6) is 5.31. The van der Waals surface area contributed by atoms with Gasteiger partial charge in [0.05, 0.1) is 12.3 Å². The second-order valence-corrected chi connectivity index (χ2v) is 6.36. The topological polar surface area (TPSA) is 89.4 Å². The highest BCUT2D eigenvalue weighted by molar-refractivity contribution is 6.38. The Morgan fingerprint density at radius 3 is 2.81 bits per heavy atom. The lowest BCUT2D eigenvalue weighted by Gasteiger charge is -2.25. The minimum Gasteiger partial charge on any atom is -0.471 e. The minimum absolute atomic E-state index is 0.187. The summed E-state index contributed by atoms with van der Waals surface area (Å²) in [6.45, 7) is 2.34. The van der Waals surface area contributed by atoms with Gasteiger partial charge in [-0.1, -0.05) is 18.2 Å². The van der Waals surface area contributed by atoms with Crippen LogP contribution in [0.25, 0.3) is 0 Å². The molecule has 6 nitrogen and oxygen atoms in total. The Kier molecular flexibility index (Phi) is 5.90. The van der Waals surface area contributed by atoms with Crippen molar-refractivity contribution in [2.24, 2.45) is 20.9 Å². The first kappa shape index (κ1) is 18.7. The van der Waals surface area contributed by atoms with Gasteiger partial charge in [0.2, 0.25) is 5.90 Å². The Hall–Kier alpha value is -3.09. The average Bonchev–Trinajstić information content (AvgIpc) is 2.72. The number of ether oxygens (including phenoxy) is 1. The van der Waals surface area contributed by atoms with Gasteiger partial charge in [-0.25, -0.2) is 4.39 Å². The predicted octanol–water partition coefficient (Wildman–Crippen LogP) is 2.75. The molecule has 7 heteroatoms. The number of rotatable bonds is 5. The molecule has 0 bridgehead atoms. The van der Waals surface area contributed by atoms with E-state index in [1.165, 1.54) is 6.08 Å². The fraction of sp³-hybridized carbons (Fsp3) is 0.300. The largest absolute Gasteiger partial charge is 0.471 e. The first-order chi connectivity index (χ1) is 13.1. The summed E-state index contributed by atoms with van der Waals surface area (Å²) in [5.41, 5.74) is 2.31. The smallest absolute Gasteiger partial charge is 0.238 e. The fourth-order valence-electron chi connectivity index (χ4n) is 2.95. The Morgan fingerprint density at radius 1 is 1.37 bits per heavy atom. The van der Waals surface area contributed by atoms with E-state index in [2.05, 4.69) is 15.1 Å². The van der Waals surface area contributed by atoms with E-state index >= 15 is 0 Å². The van der Waals surface area contributed by atoms with Crippen LogP contribution in [0.5, 0.6) is 0 Å². The number of hydrazone groups is 1. The van der Waals surface area contributed by atoms with Gasteiger partial charge < -0.3 is 10.6 Å². The minimum atomic E-state index is -0.504. The molecule has 3 rings (SSSR count). The molecule has 0 amide bonds. The zero-order valence-corrected chi connectivity index (χ0v) is 15.0. The molecule has 0 saturated heterocycles. The molecular weight excluding hydrogens is 347 g/mol. The van der Waals surface area contributed by atoms with Gasteiger partial charge in [0, 0.05) is 17.4 Å². The lowest BCUT2D eigenvalue weighted by Crippen LogP contribution is -2.34. The molecule has 140 valence electrons. The summed E-state index contributed by atoms with van der Waals surface area (Å²) in [5, 5.41) is 3.74. The van der Waals surface area contributed by atoms with Crippen LogP contribution in [0.2, 0.25) is 0 Å². The molecule has 0 radical (unpaired) electrons. The molecular formula is C20H21FN4O2. The standard InChI is InChI=1S/C20H21FN4O2/c1-13(27-20(25-22)14-5-3-2-4-6-14)18-10-23-11-19(24-18)15-7-8-16(12-26)17(21)9-15/h2-6,9,11-13,18H,7-8,10,22H2,1H3/b25-20-. The van der Waals surface area contributed by atoms with E-state index in [4.69, 9.17) is 10.6 Å². The maximum Gasteiger partial charge on any atom is 0.238 e. The van der Waals surface area contributed by atoms with Crippen molar-refractivity contribution in [2.75, 3.05) is 6.54 Å². The van der Waals surface area contributed by atoms with Crippen LogP contribution in [0.3, 0.4) is 0 Å². The third-order valence-electron chi connectivity index (χ3n) is 4.53. The molecule has 2 N–H and O–H groups in total. The Labute approximate surface area is 157 Å². The lowest BCUT2D eigenvalue weighted by molar-refractivity contribution is -0.105. The highest BCUT2D eigenvalue weighted by atomic mass is 19.1. The lowest BCUT2D eigenvalue weighted by atomic mass is 9.94. The van der Waals surface area contributed by atoms with Gasteiger partial charge in [0.15, 0.2) is 0 Å². The Morgan fingerprint density at radius 2 is 2.15 bits per heavy atom. The normalized spacial score (nSPS) is 21.4. The fourth-order valence-corrected chi connectivity index (χ4v) is 2.95. The molecule has 0 spiro atoms. The van der Waals surface area contributed by atoms with Crippen molar-refractivity contribution in [3.8, 4) is 0 Å². The molecule has 0 saturated carbocycles. The van der Waals surface area contributed by atoms with E-state index in [0.717, 1.165) is 11.1 Å². The zero-order valence-electron chi connectivity index (χ0n) is 15.0. The van der Waals surface area contributed by atoms with Crippen molar-refractivity contribution in [3.63, 3.8) is 0 Å². The molecule has 1 aliphatic heterocycles. The number of carbonyl (C=O) groups is 1. The van der Waals surface area contributed by atoms with Crippen molar-refractivity contribution < 1.29 is 13.9 Å². The van der Waals surface area contributed by atoms with Crippen LogP contribution >= 0.6 is 0 Å². The van der Waals surface area contributed by atoms with Gasteiger partial charge in [-0.05, 0) is 43.5 Å². The molecule has 0 aromatic heterocycles. The van der Waals surface area contributed by atoms with E-state index in [1.54, 1.807) is 6.21 Å². The van der Waals surface area contributed by atoms with E-state index in [0.29, 0.717) is 37.3 Å². The summed E-state index contributed by atoms with van der Waals surface area (Å²) in [6, 6.07) is 9.12. The van der Waals surface area contributed by atoms with Crippen molar-refractivity contribution in [1.29, 1.82) is 0 Å². The summed E-state index contributed by atoms with van der Waals surface area (Å²) in [4.78, 5) is 19.8. The maximum atomic E-state index is 13.9. The highest BCUT2D eigenvalue weighted by Gasteiger charge is 2.25. The number of nitrogens with zero attached hydrogens (tertiary/aromatic N) is 3. The van der Waals surface area contributed by atoms with Crippen molar-refractivity contribution >= 4 is 24.1 Å². The second kappa shape index (κ2) is 8.53. The van der Waals surface area contributed by atoms with E-state index < -0.39 is 5.83 Å². The summed E-state index contributed by atoms with van der Waals surface area (Å²) in [7, 11) is 0. The number of carbonyl (C=O) groups excluding carboxylic acids is 1. The molecule has 0 fully saturated rings. The van der Waals surface area contributed by atoms with Crippen LogP contribution in [0.4, 0.5) is 4.39 Å². The Balaban J connectivity index is 1.75. The van der Waals surface area contributed by atoms with Gasteiger partial charge in [-0.15, -0.1) is 5.10 Å². The predicted molar refractivity (Wildman–Crippen MR) is 104 cm³/mol. The van der Waals surface area contributed by atoms with Crippen molar-refractivity contribution in [3.05, 3.63) is 58.9 Å². The molecule has 27 heavy (non-hydrogen) atoms. The van der Waals surface area contributed by atoms with Gasteiger partial charge in [0.1, 0.15) is 24.3 Å². The summed E-state index contributed by atoms with van der Waals surface area (Å²) in [6.07, 6.45) is 4.16. The number of hydrogen-bond acceptors (Lipinski definition) is 6. The molecule has 1 aromatic rings. The number of nitrogens with two attached hydrogens (primary N) is 1. The number of halogens is 1. The molecule has 1 heterocycles. The summed E-state index contributed by atoms with van der Waals surface area (Å²) >= 11 is 0. The molecule has 1 aliphatic carbocycles. The third-order valence-corrected chi connectivity index (χ3v) is 4.53. The molecule has 2 atom stereocenters. The van der Waals surface area contributed by atoms with Crippen molar-refractivity contribution in [1.82, 2.24) is 0 Å². The van der Waals surface area contributed by atoms with E-state index in [1.807, 2.05) is 37.3 Å². The average molecular weight is 368 g/mol. The number of aldehydes is 1. The van der Waals surface area contributed by atoms with Gasteiger partial charge in [0.25, 0.3) is 0 Å². The quantitative estimate of drug-likeness (QED) is 0.285. The van der Waals surface area contributed by atoms with E-state index in [9.17, 15) is 9.18 Å². The summed E-state index contributed by atoms with van der Waals surface area (Å²) < 4.78 is 19.8.